The number of nitrogens with zero attached hydrogens (tertiary/aromatic N) is 2. The molecule has 1 unspecified atom stereocenters. The molecule has 0 saturated heterocycles. The van der Waals surface area contributed by atoms with Crippen molar-refractivity contribution < 1.29 is 18.7 Å². The molecule has 1 fully saturated rings. The maximum atomic E-state index is 12.6. The first kappa shape index (κ1) is 14.6. The van der Waals surface area contributed by atoms with E-state index in [0.717, 1.165) is 32.1 Å². The molecular weight excluding hydrogens is 287 g/mol. The van der Waals surface area contributed by atoms with Crippen molar-refractivity contribution in [2.75, 3.05) is 0 Å². The first-order valence-corrected chi connectivity index (χ1v) is 8.86. The van der Waals surface area contributed by atoms with E-state index in [2.05, 4.69) is 5.10 Å². The maximum absolute atomic E-state index is 12.6. The van der Waals surface area contributed by atoms with Gasteiger partial charge in [0, 0.05) is 5.39 Å². The Labute approximate surface area is 124 Å². The Balaban J connectivity index is 1.99. The van der Waals surface area contributed by atoms with Crippen LogP contribution in [0, 0.1) is 0 Å². The summed E-state index contributed by atoms with van der Waals surface area (Å²) in [6.07, 6.45) is 6.22. The lowest BCUT2D eigenvalue weighted by Gasteiger charge is -2.30. The quantitative estimate of drug-likeness (QED) is 0.638. The van der Waals surface area contributed by atoms with Crippen LogP contribution in [0.3, 0.4) is 0 Å². The first-order valence-electron chi connectivity index (χ1n) is 7.32. The van der Waals surface area contributed by atoms with E-state index in [1.807, 2.05) is 12.1 Å². The molecule has 21 heavy (non-hydrogen) atoms. The number of aromatic nitrogens is 2. The van der Waals surface area contributed by atoms with Crippen LogP contribution in [0.25, 0.3) is 10.9 Å². The van der Waals surface area contributed by atoms with Crippen molar-refractivity contribution in [2.45, 2.75) is 38.2 Å². The Morgan fingerprint density at radius 1 is 1.29 bits per heavy atom. The van der Waals surface area contributed by atoms with Gasteiger partial charge >= 0.3 is 0 Å². The minimum atomic E-state index is -4.10. The van der Waals surface area contributed by atoms with E-state index in [1.54, 1.807) is 19.2 Å². The second kappa shape index (κ2) is 5.84. The van der Waals surface area contributed by atoms with Gasteiger partial charge in [-0.2, -0.15) is 0 Å². The van der Waals surface area contributed by atoms with E-state index in [-0.39, 0.29) is 11.4 Å². The molecule has 0 spiro atoms. The van der Waals surface area contributed by atoms with Gasteiger partial charge in [0.1, 0.15) is 5.52 Å². The highest BCUT2D eigenvalue weighted by Gasteiger charge is 2.25. The fourth-order valence-corrected chi connectivity index (χ4v) is 4.37. The van der Waals surface area contributed by atoms with E-state index in [9.17, 15) is 9.46 Å². The molecule has 1 atom stereocenters. The molecule has 0 amide bonds. The second-order valence-corrected chi connectivity index (χ2v) is 7.26. The van der Waals surface area contributed by atoms with Gasteiger partial charge in [-0.15, -0.1) is 0 Å². The van der Waals surface area contributed by atoms with Crippen molar-refractivity contribution in [1.29, 1.82) is 0 Å². The molecule has 1 aliphatic carbocycles. The zero-order valence-corrected chi connectivity index (χ0v) is 13.0. The molecule has 0 N–H and O–H groups in total. The highest BCUT2D eigenvalue weighted by Crippen LogP contribution is 2.41. The molecule has 1 aromatic heterocycles. The number of fused-ring (bicyclic) bond motifs is 1. The number of aryl methyl sites for hydroxylation is 1. The SMILES string of the molecule is C[n+]1cc(P(=O)([O-])OC2CCCCC2)c2ccccc2n1. The third-order valence-corrected chi connectivity index (χ3v) is 5.41. The van der Waals surface area contributed by atoms with Crippen LogP contribution in [-0.4, -0.2) is 11.2 Å². The summed E-state index contributed by atoms with van der Waals surface area (Å²) < 4.78 is 19.6. The smallest absolute Gasteiger partial charge is 0.208 e. The topological polar surface area (TPSA) is 66.1 Å². The van der Waals surface area contributed by atoms with Crippen LogP contribution in [0.4, 0.5) is 0 Å². The molecule has 1 saturated carbocycles. The van der Waals surface area contributed by atoms with Crippen molar-refractivity contribution in [3.8, 4) is 0 Å². The normalized spacial score (nSPS) is 19.5. The van der Waals surface area contributed by atoms with E-state index in [0.29, 0.717) is 10.9 Å². The van der Waals surface area contributed by atoms with Gasteiger partial charge < -0.3 is 14.0 Å². The van der Waals surface area contributed by atoms with Crippen LogP contribution in [0.15, 0.2) is 30.5 Å². The fourth-order valence-electron chi connectivity index (χ4n) is 2.86. The Bertz CT molecular complexity index is 698. The van der Waals surface area contributed by atoms with E-state index in [1.165, 1.54) is 10.9 Å². The fraction of sp³-hybridized carbons (Fsp3) is 0.467. The molecule has 0 bridgehead atoms. The Morgan fingerprint density at radius 3 is 2.76 bits per heavy atom. The predicted octanol–water partition coefficient (Wildman–Crippen LogP) is 1.59. The lowest BCUT2D eigenvalue weighted by molar-refractivity contribution is -0.727. The molecule has 0 radical (unpaired) electrons. The first-order chi connectivity index (χ1) is 10.1. The standard InChI is InChI=1S/C15H19N2O3P/c1-17-11-15(13-9-5-6-10-14(13)16-17)21(18,19)20-12-7-3-2-4-8-12/h5-6,9-12H,2-4,7-8H2,1H3. The minimum Gasteiger partial charge on any atom is -0.775 e. The molecule has 6 heteroatoms. The summed E-state index contributed by atoms with van der Waals surface area (Å²) >= 11 is 0. The lowest BCUT2D eigenvalue weighted by Crippen LogP contribution is -2.38. The summed E-state index contributed by atoms with van der Waals surface area (Å²) in [4.78, 5) is 12.6. The van der Waals surface area contributed by atoms with Gasteiger partial charge in [-0.1, -0.05) is 42.1 Å². The zero-order valence-electron chi connectivity index (χ0n) is 12.1. The van der Waals surface area contributed by atoms with Gasteiger partial charge in [0.25, 0.3) is 0 Å². The largest absolute Gasteiger partial charge is 0.775 e. The third-order valence-electron chi connectivity index (χ3n) is 3.89. The molecule has 1 aliphatic rings. The van der Waals surface area contributed by atoms with Crippen molar-refractivity contribution in [3.63, 3.8) is 0 Å². The number of hydrogen-bond acceptors (Lipinski definition) is 4. The monoisotopic (exact) mass is 306 g/mol. The summed E-state index contributed by atoms with van der Waals surface area (Å²) in [5.74, 6) is 0. The van der Waals surface area contributed by atoms with Gasteiger partial charge in [0.15, 0.2) is 14.6 Å². The average Bonchev–Trinajstić information content (AvgIpc) is 2.47. The van der Waals surface area contributed by atoms with Crippen molar-refractivity contribution in [2.24, 2.45) is 7.05 Å². The average molecular weight is 306 g/mol. The summed E-state index contributed by atoms with van der Waals surface area (Å²) in [6, 6.07) is 7.23. The maximum Gasteiger partial charge on any atom is 0.208 e. The van der Waals surface area contributed by atoms with Crippen LogP contribution < -0.4 is 14.9 Å². The Hall–Kier alpha value is -1.29. The Morgan fingerprint density at radius 2 is 2.00 bits per heavy atom. The van der Waals surface area contributed by atoms with Gasteiger partial charge in [-0.3, -0.25) is 0 Å². The zero-order chi connectivity index (χ0) is 14.9. The van der Waals surface area contributed by atoms with Crippen molar-refractivity contribution >= 4 is 23.8 Å². The third kappa shape index (κ3) is 3.15. The van der Waals surface area contributed by atoms with Crippen LogP contribution in [0.1, 0.15) is 32.1 Å². The summed E-state index contributed by atoms with van der Waals surface area (Å²) in [7, 11) is -2.38. The number of hydrogen-bond donors (Lipinski definition) is 0. The van der Waals surface area contributed by atoms with Crippen molar-refractivity contribution in [3.05, 3.63) is 30.5 Å². The highest BCUT2D eigenvalue weighted by molar-refractivity contribution is 7.60. The highest BCUT2D eigenvalue weighted by atomic mass is 31.2. The molecule has 5 nitrogen and oxygen atoms in total. The van der Waals surface area contributed by atoms with E-state index in [4.69, 9.17) is 4.52 Å². The van der Waals surface area contributed by atoms with Gasteiger partial charge in [-0.25, -0.2) is 0 Å². The molecule has 1 aromatic carbocycles. The lowest BCUT2D eigenvalue weighted by atomic mass is 9.98. The number of rotatable bonds is 3. The van der Waals surface area contributed by atoms with Crippen LogP contribution >= 0.6 is 7.60 Å². The molecule has 3 rings (SSSR count). The second-order valence-electron chi connectivity index (χ2n) is 5.57. The van der Waals surface area contributed by atoms with Gasteiger partial charge in [0.05, 0.1) is 11.4 Å². The van der Waals surface area contributed by atoms with Crippen LogP contribution in [0.5, 0.6) is 0 Å². The van der Waals surface area contributed by atoms with E-state index >= 15 is 0 Å². The van der Waals surface area contributed by atoms with Crippen LogP contribution in [-0.2, 0) is 16.1 Å². The predicted molar refractivity (Wildman–Crippen MR) is 78.1 cm³/mol. The van der Waals surface area contributed by atoms with Gasteiger partial charge in [0.2, 0.25) is 6.20 Å². The minimum absolute atomic E-state index is 0.181. The van der Waals surface area contributed by atoms with Gasteiger partial charge in [-0.05, 0) is 24.0 Å². The van der Waals surface area contributed by atoms with Crippen LogP contribution in [0.2, 0.25) is 0 Å². The summed E-state index contributed by atoms with van der Waals surface area (Å²) in [6.45, 7) is 0. The summed E-state index contributed by atoms with van der Waals surface area (Å²) in [5.41, 5.74) is 0.654. The number of benzene rings is 1. The molecule has 1 heterocycles. The Kier molecular flexibility index (Phi) is 4.07. The summed E-state index contributed by atoms with van der Waals surface area (Å²) in [5, 5.41) is 5.14. The molecule has 112 valence electrons. The van der Waals surface area contributed by atoms with Crippen molar-refractivity contribution in [1.82, 2.24) is 5.10 Å². The molecule has 2 aromatic rings. The van der Waals surface area contributed by atoms with E-state index < -0.39 is 7.60 Å². The molecule has 0 aliphatic heterocycles. The molecular formula is C15H19N2O3P.